The van der Waals surface area contributed by atoms with E-state index in [-0.39, 0.29) is 12.6 Å². The van der Waals surface area contributed by atoms with Crippen LogP contribution in [0.1, 0.15) is 29.5 Å². The Morgan fingerprint density at radius 3 is 2.75 bits per heavy atom. The predicted molar refractivity (Wildman–Crippen MR) is 97.2 cm³/mol. The molecule has 1 aliphatic rings. The Bertz CT molecular complexity index is 656. The third-order valence-corrected chi connectivity index (χ3v) is 5.02. The molecule has 2 aromatic rings. The van der Waals surface area contributed by atoms with Gasteiger partial charge < -0.3 is 15.6 Å². The zero-order valence-electron chi connectivity index (χ0n) is 14.3. The quantitative estimate of drug-likeness (QED) is 0.830. The number of nitrogens with two attached hydrogens (primary N) is 1. The van der Waals surface area contributed by atoms with Crippen molar-refractivity contribution in [2.24, 2.45) is 11.7 Å². The summed E-state index contributed by atoms with van der Waals surface area (Å²) in [5.41, 5.74) is 10.5. The molecule has 0 spiro atoms. The van der Waals surface area contributed by atoms with Crippen LogP contribution in [0.25, 0.3) is 0 Å². The normalized spacial score (nSPS) is 19.9. The van der Waals surface area contributed by atoms with Crippen LogP contribution in [0, 0.1) is 12.8 Å². The molecular weight excluding hydrogens is 298 g/mol. The number of hydrogen-bond donors (Lipinski definition) is 2. The van der Waals surface area contributed by atoms with Crippen LogP contribution in [0.4, 0.5) is 0 Å². The average molecular weight is 325 g/mol. The Morgan fingerprint density at radius 2 is 1.96 bits per heavy atom. The Balaban J connectivity index is 1.62. The van der Waals surface area contributed by atoms with Crippen LogP contribution in [-0.2, 0) is 12.8 Å². The summed E-state index contributed by atoms with van der Waals surface area (Å²) in [5.74, 6) is 1.06. The van der Waals surface area contributed by atoms with Gasteiger partial charge in [-0.25, -0.2) is 0 Å². The first-order valence-electron chi connectivity index (χ1n) is 8.83. The molecule has 2 unspecified atom stereocenters. The van der Waals surface area contributed by atoms with Gasteiger partial charge in [-0.15, -0.1) is 0 Å². The predicted octanol–water partition coefficient (Wildman–Crippen LogP) is 3.26. The number of para-hydroxylation sites is 1. The van der Waals surface area contributed by atoms with E-state index in [1.807, 2.05) is 30.3 Å². The van der Waals surface area contributed by atoms with Crippen molar-refractivity contribution in [1.82, 2.24) is 0 Å². The van der Waals surface area contributed by atoms with Crippen molar-refractivity contribution >= 4 is 0 Å². The van der Waals surface area contributed by atoms with Gasteiger partial charge in [0.05, 0.1) is 0 Å². The summed E-state index contributed by atoms with van der Waals surface area (Å²) in [6.07, 6.45) is 3.58. The first kappa shape index (κ1) is 17.0. The SMILES string of the molecule is Cc1ccc2c(c1)CC(C(N)[C@H](O)COc1ccccc1)CCC2. The van der Waals surface area contributed by atoms with Crippen LogP contribution in [0.3, 0.4) is 0 Å². The molecule has 0 bridgehead atoms. The van der Waals surface area contributed by atoms with Crippen molar-refractivity contribution in [2.45, 2.75) is 44.8 Å². The highest BCUT2D eigenvalue weighted by atomic mass is 16.5. The number of aliphatic hydroxyl groups is 1. The summed E-state index contributed by atoms with van der Waals surface area (Å²) in [6, 6.07) is 16.0. The molecule has 0 fully saturated rings. The molecule has 0 aliphatic heterocycles. The molecule has 3 rings (SSSR count). The van der Waals surface area contributed by atoms with Crippen LogP contribution in [0.15, 0.2) is 48.5 Å². The summed E-state index contributed by atoms with van der Waals surface area (Å²) in [5, 5.41) is 10.5. The molecular formula is C21H27NO2. The highest BCUT2D eigenvalue weighted by Crippen LogP contribution is 2.28. The highest BCUT2D eigenvalue weighted by molar-refractivity contribution is 5.33. The first-order valence-corrected chi connectivity index (χ1v) is 8.83. The Labute approximate surface area is 144 Å². The van der Waals surface area contributed by atoms with Crippen molar-refractivity contribution < 1.29 is 9.84 Å². The van der Waals surface area contributed by atoms with Crippen molar-refractivity contribution in [3.05, 3.63) is 65.2 Å². The van der Waals surface area contributed by atoms with Gasteiger partial charge in [-0.05, 0) is 61.8 Å². The van der Waals surface area contributed by atoms with Gasteiger partial charge in [0, 0.05) is 6.04 Å². The number of ether oxygens (including phenoxy) is 1. The molecule has 3 atom stereocenters. The summed E-state index contributed by atoms with van der Waals surface area (Å²) in [7, 11) is 0. The van der Waals surface area contributed by atoms with E-state index in [0.29, 0.717) is 5.92 Å². The standard InChI is InChI=1S/C21H27NO2/c1-15-10-11-16-6-5-7-17(13-18(16)12-15)21(22)20(23)14-24-19-8-3-2-4-9-19/h2-4,8-12,17,20-21,23H,5-7,13-14,22H2,1H3/t17?,20-,21?/m1/s1. The number of aliphatic hydroxyl groups excluding tert-OH is 1. The molecule has 2 aromatic carbocycles. The number of benzene rings is 2. The van der Waals surface area contributed by atoms with E-state index in [0.717, 1.165) is 31.4 Å². The summed E-state index contributed by atoms with van der Waals surface area (Å²) < 4.78 is 5.67. The van der Waals surface area contributed by atoms with Gasteiger partial charge in [-0.2, -0.15) is 0 Å². The van der Waals surface area contributed by atoms with Gasteiger partial charge in [0.2, 0.25) is 0 Å². The van der Waals surface area contributed by atoms with Gasteiger partial charge in [-0.1, -0.05) is 42.0 Å². The van der Waals surface area contributed by atoms with E-state index >= 15 is 0 Å². The Morgan fingerprint density at radius 1 is 1.17 bits per heavy atom. The van der Waals surface area contributed by atoms with E-state index in [1.54, 1.807) is 0 Å². The highest BCUT2D eigenvalue weighted by Gasteiger charge is 2.27. The van der Waals surface area contributed by atoms with Crippen LogP contribution < -0.4 is 10.5 Å². The van der Waals surface area contributed by atoms with Crippen molar-refractivity contribution in [3.63, 3.8) is 0 Å². The molecule has 3 nitrogen and oxygen atoms in total. The second kappa shape index (κ2) is 7.82. The molecule has 0 heterocycles. The van der Waals surface area contributed by atoms with Crippen molar-refractivity contribution in [3.8, 4) is 5.75 Å². The molecule has 3 N–H and O–H groups in total. The lowest BCUT2D eigenvalue weighted by Gasteiger charge is -2.27. The molecule has 0 amide bonds. The molecule has 0 radical (unpaired) electrons. The van der Waals surface area contributed by atoms with E-state index in [2.05, 4.69) is 25.1 Å². The molecule has 0 saturated heterocycles. The third-order valence-electron chi connectivity index (χ3n) is 5.02. The van der Waals surface area contributed by atoms with Crippen LogP contribution in [-0.4, -0.2) is 23.9 Å². The van der Waals surface area contributed by atoms with Gasteiger partial charge in [-0.3, -0.25) is 0 Å². The molecule has 128 valence electrons. The minimum absolute atomic E-state index is 0.238. The topological polar surface area (TPSA) is 55.5 Å². The van der Waals surface area contributed by atoms with Gasteiger partial charge in [0.1, 0.15) is 18.5 Å². The number of fused-ring (bicyclic) bond motifs is 1. The summed E-state index contributed by atoms with van der Waals surface area (Å²) in [4.78, 5) is 0. The second-order valence-electron chi connectivity index (χ2n) is 6.90. The van der Waals surface area contributed by atoms with Crippen LogP contribution >= 0.6 is 0 Å². The Kier molecular flexibility index (Phi) is 5.54. The lowest BCUT2D eigenvalue weighted by atomic mass is 9.87. The van der Waals surface area contributed by atoms with Crippen LogP contribution in [0.2, 0.25) is 0 Å². The van der Waals surface area contributed by atoms with Crippen molar-refractivity contribution in [2.75, 3.05) is 6.61 Å². The van der Waals surface area contributed by atoms with E-state index < -0.39 is 6.10 Å². The number of rotatable bonds is 5. The van der Waals surface area contributed by atoms with E-state index in [9.17, 15) is 5.11 Å². The zero-order valence-corrected chi connectivity index (χ0v) is 14.3. The molecule has 3 heteroatoms. The van der Waals surface area contributed by atoms with Gasteiger partial charge >= 0.3 is 0 Å². The number of aryl methyl sites for hydroxylation is 2. The van der Waals surface area contributed by atoms with Crippen LogP contribution in [0.5, 0.6) is 5.75 Å². The molecule has 24 heavy (non-hydrogen) atoms. The molecule has 0 saturated carbocycles. The maximum Gasteiger partial charge on any atom is 0.119 e. The minimum Gasteiger partial charge on any atom is -0.491 e. The largest absolute Gasteiger partial charge is 0.491 e. The summed E-state index contributed by atoms with van der Waals surface area (Å²) in [6.45, 7) is 2.37. The zero-order chi connectivity index (χ0) is 16.9. The smallest absolute Gasteiger partial charge is 0.119 e. The fourth-order valence-electron chi connectivity index (χ4n) is 3.58. The Hall–Kier alpha value is -1.84. The van der Waals surface area contributed by atoms with E-state index in [4.69, 9.17) is 10.5 Å². The maximum absolute atomic E-state index is 10.5. The molecule has 0 aromatic heterocycles. The summed E-state index contributed by atoms with van der Waals surface area (Å²) >= 11 is 0. The fraction of sp³-hybridized carbons (Fsp3) is 0.429. The minimum atomic E-state index is -0.651. The third kappa shape index (κ3) is 4.16. The first-order chi connectivity index (χ1) is 11.6. The second-order valence-corrected chi connectivity index (χ2v) is 6.90. The molecule has 1 aliphatic carbocycles. The maximum atomic E-state index is 10.5. The lowest BCUT2D eigenvalue weighted by Crippen LogP contribution is -2.45. The average Bonchev–Trinajstić information content (AvgIpc) is 2.81. The monoisotopic (exact) mass is 325 g/mol. The van der Waals surface area contributed by atoms with E-state index in [1.165, 1.54) is 16.7 Å². The van der Waals surface area contributed by atoms with Gasteiger partial charge in [0.25, 0.3) is 0 Å². The fourth-order valence-corrected chi connectivity index (χ4v) is 3.58. The lowest BCUT2D eigenvalue weighted by molar-refractivity contribution is 0.0645. The number of hydrogen-bond acceptors (Lipinski definition) is 3. The van der Waals surface area contributed by atoms with Gasteiger partial charge in [0.15, 0.2) is 0 Å². The van der Waals surface area contributed by atoms with Crippen molar-refractivity contribution in [1.29, 1.82) is 0 Å².